The van der Waals surface area contributed by atoms with Gasteiger partial charge in [0.05, 0.1) is 11.6 Å². The van der Waals surface area contributed by atoms with E-state index in [-0.39, 0.29) is 25.3 Å². The molecule has 6 heteroatoms. The molecule has 1 aliphatic heterocycles. The van der Waals surface area contributed by atoms with Crippen molar-refractivity contribution in [2.45, 2.75) is 26.3 Å². The molecule has 0 radical (unpaired) electrons. The van der Waals surface area contributed by atoms with Gasteiger partial charge in [0, 0.05) is 0 Å². The van der Waals surface area contributed by atoms with E-state index in [1.807, 2.05) is 38.1 Å². The van der Waals surface area contributed by atoms with Crippen LogP contribution >= 0.6 is 0 Å². The number of aryl methyl sites for hydroxylation is 1. The van der Waals surface area contributed by atoms with E-state index in [1.54, 1.807) is 18.2 Å². The Morgan fingerprint density at radius 1 is 1.12 bits per heavy atom. The Balaban J connectivity index is 1.51. The monoisotopic (exact) mass is 355 g/mol. The van der Waals surface area contributed by atoms with Crippen molar-refractivity contribution in [3.63, 3.8) is 0 Å². The molecule has 1 aliphatic rings. The van der Waals surface area contributed by atoms with Gasteiger partial charge in [-0.15, -0.1) is 0 Å². The lowest BCUT2D eigenvalue weighted by molar-refractivity contribution is -0.124. The Morgan fingerprint density at radius 3 is 2.58 bits per heavy atom. The lowest BCUT2D eigenvalue weighted by Crippen LogP contribution is -2.31. The summed E-state index contributed by atoms with van der Waals surface area (Å²) in [4.78, 5) is 24.1. The normalized spacial score (nSPS) is 13.2. The second-order valence-electron chi connectivity index (χ2n) is 6.03. The van der Waals surface area contributed by atoms with Crippen molar-refractivity contribution in [1.82, 2.24) is 5.32 Å². The molecule has 0 saturated heterocycles. The predicted octanol–water partition coefficient (Wildman–Crippen LogP) is 3.01. The Hall–Kier alpha value is -3.02. The SMILES string of the molecule is CCc1ccc(C(=O)OCC(=O)N[C@H](C)c2ccc3c(c2)OCO3)cc1. The Kier molecular flexibility index (Phi) is 5.41. The summed E-state index contributed by atoms with van der Waals surface area (Å²) < 4.78 is 15.7. The van der Waals surface area contributed by atoms with Crippen molar-refractivity contribution < 1.29 is 23.8 Å². The van der Waals surface area contributed by atoms with Gasteiger partial charge >= 0.3 is 5.97 Å². The van der Waals surface area contributed by atoms with Crippen molar-refractivity contribution in [3.8, 4) is 11.5 Å². The molecule has 1 heterocycles. The van der Waals surface area contributed by atoms with Crippen molar-refractivity contribution >= 4 is 11.9 Å². The number of ether oxygens (including phenoxy) is 3. The number of nitrogens with one attached hydrogen (secondary N) is 1. The zero-order chi connectivity index (χ0) is 18.5. The molecule has 1 amide bonds. The van der Waals surface area contributed by atoms with E-state index in [0.717, 1.165) is 17.5 Å². The summed E-state index contributed by atoms with van der Waals surface area (Å²) in [6.45, 7) is 3.76. The Labute approximate surface area is 152 Å². The molecule has 1 atom stereocenters. The summed E-state index contributed by atoms with van der Waals surface area (Å²) in [5.74, 6) is 0.466. The number of carbonyl (C=O) groups is 2. The molecule has 3 rings (SSSR count). The molecule has 0 bridgehead atoms. The van der Waals surface area contributed by atoms with Gasteiger partial charge < -0.3 is 19.5 Å². The van der Waals surface area contributed by atoms with Crippen LogP contribution in [0.3, 0.4) is 0 Å². The fraction of sp³-hybridized carbons (Fsp3) is 0.300. The molecule has 2 aromatic carbocycles. The first-order chi connectivity index (χ1) is 12.6. The van der Waals surface area contributed by atoms with Crippen LogP contribution < -0.4 is 14.8 Å². The zero-order valence-corrected chi connectivity index (χ0v) is 14.8. The van der Waals surface area contributed by atoms with E-state index in [0.29, 0.717) is 17.1 Å². The quantitative estimate of drug-likeness (QED) is 0.807. The van der Waals surface area contributed by atoms with Crippen molar-refractivity contribution in [2.24, 2.45) is 0 Å². The second-order valence-corrected chi connectivity index (χ2v) is 6.03. The lowest BCUT2D eigenvalue weighted by atomic mass is 10.1. The van der Waals surface area contributed by atoms with Gasteiger partial charge in [0.2, 0.25) is 6.79 Å². The maximum atomic E-state index is 12.1. The van der Waals surface area contributed by atoms with E-state index in [9.17, 15) is 9.59 Å². The molecule has 0 fully saturated rings. The van der Waals surface area contributed by atoms with Gasteiger partial charge in [0.15, 0.2) is 18.1 Å². The number of benzene rings is 2. The maximum absolute atomic E-state index is 12.1. The average Bonchev–Trinajstić information content (AvgIpc) is 3.14. The van der Waals surface area contributed by atoms with Crippen LogP contribution in [-0.2, 0) is 16.0 Å². The third-order valence-electron chi connectivity index (χ3n) is 4.21. The van der Waals surface area contributed by atoms with Crippen LogP contribution in [0, 0.1) is 0 Å². The standard InChI is InChI=1S/C20H21NO5/c1-3-14-4-6-15(7-5-14)20(23)24-11-19(22)21-13(2)16-8-9-17-18(10-16)26-12-25-17/h4-10,13H,3,11-12H2,1-2H3,(H,21,22)/t13-/m1/s1. The number of hydrogen-bond acceptors (Lipinski definition) is 5. The number of esters is 1. The Morgan fingerprint density at radius 2 is 1.85 bits per heavy atom. The number of hydrogen-bond donors (Lipinski definition) is 1. The molecule has 0 spiro atoms. The van der Waals surface area contributed by atoms with Gasteiger partial charge in [0.1, 0.15) is 0 Å². The minimum atomic E-state index is -0.515. The Bertz CT molecular complexity index is 800. The van der Waals surface area contributed by atoms with Crippen LogP contribution in [0.4, 0.5) is 0 Å². The zero-order valence-electron chi connectivity index (χ0n) is 14.8. The number of amides is 1. The fourth-order valence-corrected chi connectivity index (χ4v) is 2.64. The number of carbonyl (C=O) groups excluding carboxylic acids is 2. The first-order valence-electron chi connectivity index (χ1n) is 8.51. The summed E-state index contributed by atoms with van der Waals surface area (Å²) in [5.41, 5.74) is 2.44. The highest BCUT2D eigenvalue weighted by Crippen LogP contribution is 2.34. The molecule has 0 aliphatic carbocycles. The summed E-state index contributed by atoms with van der Waals surface area (Å²) in [5, 5.41) is 2.80. The van der Waals surface area contributed by atoms with Gasteiger partial charge in [-0.1, -0.05) is 25.1 Å². The molecule has 6 nitrogen and oxygen atoms in total. The lowest BCUT2D eigenvalue weighted by Gasteiger charge is -2.15. The molecule has 0 unspecified atom stereocenters. The number of fused-ring (bicyclic) bond motifs is 1. The van der Waals surface area contributed by atoms with Crippen LogP contribution in [0.5, 0.6) is 11.5 Å². The molecular weight excluding hydrogens is 334 g/mol. The van der Waals surface area contributed by atoms with Crippen LogP contribution in [0.1, 0.15) is 41.4 Å². The summed E-state index contributed by atoms with van der Waals surface area (Å²) in [6, 6.07) is 12.4. The largest absolute Gasteiger partial charge is 0.454 e. The molecular formula is C20H21NO5. The van der Waals surface area contributed by atoms with Crippen LogP contribution in [-0.4, -0.2) is 25.3 Å². The second kappa shape index (κ2) is 7.91. The molecule has 1 N–H and O–H groups in total. The maximum Gasteiger partial charge on any atom is 0.338 e. The highest BCUT2D eigenvalue weighted by Gasteiger charge is 2.17. The first-order valence-corrected chi connectivity index (χ1v) is 8.51. The van der Waals surface area contributed by atoms with Gasteiger partial charge in [0.25, 0.3) is 5.91 Å². The van der Waals surface area contributed by atoms with Crippen LogP contribution in [0.2, 0.25) is 0 Å². The van der Waals surface area contributed by atoms with Gasteiger partial charge in [-0.25, -0.2) is 4.79 Å². The summed E-state index contributed by atoms with van der Waals surface area (Å²) >= 11 is 0. The van der Waals surface area contributed by atoms with E-state index in [4.69, 9.17) is 14.2 Å². The van der Waals surface area contributed by atoms with Crippen molar-refractivity contribution in [1.29, 1.82) is 0 Å². The average molecular weight is 355 g/mol. The highest BCUT2D eigenvalue weighted by molar-refractivity contribution is 5.91. The predicted molar refractivity (Wildman–Crippen MR) is 95.2 cm³/mol. The third-order valence-corrected chi connectivity index (χ3v) is 4.21. The highest BCUT2D eigenvalue weighted by atomic mass is 16.7. The number of rotatable bonds is 6. The van der Waals surface area contributed by atoms with Crippen molar-refractivity contribution in [3.05, 3.63) is 59.2 Å². The van der Waals surface area contributed by atoms with Crippen LogP contribution in [0.25, 0.3) is 0 Å². The first kappa shape index (κ1) is 17.8. The van der Waals surface area contributed by atoms with Gasteiger partial charge in [-0.2, -0.15) is 0 Å². The smallest absolute Gasteiger partial charge is 0.338 e. The van der Waals surface area contributed by atoms with Gasteiger partial charge in [-0.05, 0) is 48.7 Å². The molecule has 0 saturated carbocycles. The summed E-state index contributed by atoms with van der Waals surface area (Å²) in [7, 11) is 0. The van der Waals surface area contributed by atoms with E-state index >= 15 is 0 Å². The molecule has 136 valence electrons. The fourth-order valence-electron chi connectivity index (χ4n) is 2.64. The van der Waals surface area contributed by atoms with E-state index in [1.165, 1.54) is 0 Å². The molecule has 26 heavy (non-hydrogen) atoms. The summed E-state index contributed by atoms with van der Waals surface area (Å²) in [6.07, 6.45) is 0.898. The van der Waals surface area contributed by atoms with Crippen molar-refractivity contribution in [2.75, 3.05) is 13.4 Å². The van der Waals surface area contributed by atoms with Gasteiger partial charge in [-0.3, -0.25) is 4.79 Å². The minimum absolute atomic E-state index is 0.203. The third kappa shape index (κ3) is 4.14. The van der Waals surface area contributed by atoms with E-state index in [2.05, 4.69) is 5.32 Å². The molecule has 0 aromatic heterocycles. The topological polar surface area (TPSA) is 73.9 Å². The molecule has 2 aromatic rings. The van der Waals surface area contributed by atoms with E-state index < -0.39 is 5.97 Å². The van der Waals surface area contributed by atoms with Crippen LogP contribution in [0.15, 0.2) is 42.5 Å². The minimum Gasteiger partial charge on any atom is -0.454 e.